The van der Waals surface area contributed by atoms with E-state index in [1.807, 2.05) is 0 Å². The van der Waals surface area contributed by atoms with Gasteiger partial charge in [0.2, 0.25) is 0 Å². The van der Waals surface area contributed by atoms with Crippen LogP contribution in [0.3, 0.4) is 0 Å². The van der Waals surface area contributed by atoms with E-state index in [2.05, 4.69) is 43.8 Å². The maximum absolute atomic E-state index is 2.32. The minimum Gasteiger partial charge on any atom is -0.0797 e. The second-order valence-electron chi connectivity index (χ2n) is 3.26. The van der Waals surface area contributed by atoms with Gasteiger partial charge in [0.1, 0.15) is 0 Å². The maximum atomic E-state index is 2.32. The Kier molecular flexibility index (Phi) is 3.61. The maximum Gasteiger partial charge on any atom is 1.00 e. The molecule has 0 fully saturated rings. The van der Waals surface area contributed by atoms with Crippen molar-refractivity contribution in [2.45, 2.75) is 19.0 Å². The van der Waals surface area contributed by atoms with Gasteiger partial charge >= 0.3 is 18.9 Å². The minimum atomic E-state index is 0. The van der Waals surface area contributed by atoms with E-state index in [0.717, 1.165) is 9.52 Å². The summed E-state index contributed by atoms with van der Waals surface area (Å²) in [6.07, 6.45) is 4.57. The Bertz CT molecular complexity index is 331. The molecule has 0 aliphatic heterocycles. The zero-order chi connectivity index (χ0) is 8.55. The van der Waals surface area contributed by atoms with Gasteiger partial charge in [0.15, 0.2) is 0 Å². The van der Waals surface area contributed by atoms with Gasteiger partial charge in [-0.2, -0.15) is 0 Å². The molecule has 2 heteroatoms. The molecule has 0 amide bonds. The van der Waals surface area contributed by atoms with Crippen molar-refractivity contribution < 1.29 is 18.9 Å². The summed E-state index contributed by atoms with van der Waals surface area (Å²) in [6, 6.07) is 6.72. The van der Waals surface area contributed by atoms with E-state index in [0.29, 0.717) is 5.54 Å². The molecule has 13 heavy (non-hydrogen) atoms. The Hall–Kier alpha value is -0.226. The van der Waals surface area contributed by atoms with Crippen molar-refractivity contribution in [3.63, 3.8) is 0 Å². The van der Waals surface area contributed by atoms with Crippen molar-refractivity contribution in [1.29, 1.82) is 0 Å². The van der Waals surface area contributed by atoms with Gasteiger partial charge in [-0.3, -0.25) is 0 Å². The van der Waals surface area contributed by atoms with E-state index in [1.165, 1.54) is 16.7 Å². The Labute approximate surface area is 94.4 Å². The van der Waals surface area contributed by atoms with Crippen LogP contribution in [0.2, 0.25) is 6.55 Å². The van der Waals surface area contributed by atoms with Crippen molar-refractivity contribution in [3.8, 4) is 0 Å². The molecule has 1 aliphatic carbocycles. The third kappa shape index (κ3) is 1.99. The van der Waals surface area contributed by atoms with Crippen LogP contribution in [0, 0.1) is 6.92 Å². The van der Waals surface area contributed by atoms with Crippen LogP contribution in [-0.4, -0.2) is 9.52 Å². The van der Waals surface area contributed by atoms with Gasteiger partial charge in [0.05, 0.1) is 0 Å². The second-order valence-corrected chi connectivity index (χ2v) is 4.46. The third-order valence-electron chi connectivity index (χ3n) is 2.36. The molecule has 0 N–H and O–H groups in total. The molecule has 0 spiro atoms. The van der Waals surface area contributed by atoms with Crippen molar-refractivity contribution in [2.24, 2.45) is 0 Å². The molecular weight excluding hydrogens is 167 g/mol. The number of allylic oxidation sites excluding steroid dienone is 1. The van der Waals surface area contributed by atoms with Gasteiger partial charge in [-0.05, 0) is 23.6 Å². The number of aryl methyl sites for hydroxylation is 1. The van der Waals surface area contributed by atoms with Crippen LogP contribution < -0.4 is 18.9 Å². The molecular formula is C11H12LiSi+. The summed E-state index contributed by atoms with van der Waals surface area (Å²) in [7, 11) is 0.988. The average molecular weight is 179 g/mol. The first-order valence-corrected chi connectivity index (χ1v) is 5.85. The first-order valence-electron chi connectivity index (χ1n) is 4.27. The number of rotatable bonds is 1. The van der Waals surface area contributed by atoms with Gasteiger partial charge in [0, 0.05) is 9.52 Å². The molecule has 0 saturated carbocycles. The predicted octanol–water partition coefficient (Wildman–Crippen LogP) is -0.181. The topological polar surface area (TPSA) is 0 Å². The summed E-state index contributed by atoms with van der Waals surface area (Å²) in [5, 5.41) is 0. The van der Waals surface area contributed by atoms with Crippen LogP contribution in [0.15, 0.2) is 24.3 Å². The Morgan fingerprint density at radius 3 is 2.77 bits per heavy atom. The van der Waals surface area contributed by atoms with E-state index >= 15 is 0 Å². The number of hydrogen-bond acceptors (Lipinski definition) is 0. The standard InChI is InChI=1S/C11H12Si.Li/c1-8-3-4-9-5-6-11(12-2)10(9)7-8;/h3-7,11H,1-2H3;/q;+1. The fourth-order valence-corrected chi connectivity index (χ4v) is 2.52. The summed E-state index contributed by atoms with van der Waals surface area (Å²) in [6.45, 7) is 4.43. The van der Waals surface area contributed by atoms with Crippen molar-refractivity contribution in [1.82, 2.24) is 0 Å². The zero-order valence-corrected chi connectivity index (χ0v) is 9.46. The van der Waals surface area contributed by atoms with Crippen LogP contribution in [0.1, 0.15) is 22.2 Å². The molecule has 1 aromatic carbocycles. The van der Waals surface area contributed by atoms with E-state index < -0.39 is 0 Å². The summed E-state index contributed by atoms with van der Waals surface area (Å²) < 4.78 is 0. The van der Waals surface area contributed by atoms with Crippen molar-refractivity contribution >= 4 is 15.6 Å². The predicted molar refractivity (Wildman–Crippen MR) is 54.6 cm³/mol. The number of fused-ring (bicyclic) bond motifs is 1. The molecule has 0 heterocycles. The second kappa shape index (κ2) is 4.33. The molecule has 2 rings (SSSR count). The first kappa shape index (κ1) is 10.9. The molecule has 1 unspecified atom stereocenters. The van der Waals surface area contributed by atoms with Crippen molar-refractivity contribution in [2.75, 3.05) is 0 Å². The van der Waals surface area contributed by atoms with Crippen LogP contribution in [0.4, 0.5) is 0 Å². The summed E-state index contributed by atoms with van der Waals surface area (Å²) in [4.78, 5) is 0. The van der Waals surface area contributed by atoms with Crippen LogP contribution in [0.5, 0.6) is 0 Å². The van der Waals surface area contributed by atoms with E-state index in [-0.39, 0.29) is 18.9 Å². The Morgan fingerprint density at radius 2 is 2.08 bits per heavy atom. The van der Waals surface area contributed by atoms with Crippen LogP contribution in [-0.2, 0) is 0 Å². The fourth-order valence-electron chi connectivity index (χ4n) is 1.67. The SMILES string of the molecule is C[Si]C1C=Cc2ccc(C)cc21.[Li+]. The molecule has 0 saturated heterocycles. The van der Waals surface area contributed by atoms with E-state index in [4.69, 9.17) is 0 Å². The molecule has 60 valence electrons. The zero-order valence-electron chi connectivity index (χ0n) is 8.46. The largest absolute Gasteiger partial charge is 1.00 e. The molecule has 0 nitrogen and oxygen atoms in total. The summed E-state index contributed by atoms with van der Waals surface area (Å²) >= 11 is 0. The molecule has 0 bridgehead atoms. The normalized spacial score (nSPS) is 18.2. The summed E-state index contributed by atoms with van der Waals surface area (Å²) in [5.74, 6) is 0. The minimum absolute atomic E-state index is 0. The quantitative estimate of drug-likeness (QED) is 0.525. The average Bonchev–Trinajstić information content (AvgIpc) is 2.46. The van der Waals surface area contributed by atoms with Gasteiger partial charge in [-0.15, -0.1) is 0 Å². The van der Waals surface area contributed by atoms with Crippen LogP contribution >= 0.6 is 0 Å². The first-order chi connectivity index (χ1) is 5.81. The molecule has 1 atom stereocenters. The van der Waals surface area contributed by atoms with Gasteiger partial charge in [0.25, 0.3) is 0 Å². The number of hydrogen-bond donors (Lipinski definition) is 0. The van der Waals surface area contributed by atoms with E-state index in [1.54, 1.807) is 0 Å². The van der Waals surface area contributed by atoms with Crippen molar-refractivity contribution in [3.05, 3.63) is 41.0 Å². The van der Waals surface area contributed by atoms with Crippen LogP contribution in [0.25, 0.3) is 6.08 Å². The molecule has 2 radical (unpaired) electrons. The molecule has 0 aromatic heterocycles. The fraction of sp³-hybridized carbons (Fsp3) is 0.273. The van der Waals surface area contributed by atoms with E-state index in [9.17, 15) is 0 Å². The molecule has 1 aliphatic rings. The van der Waals surface area contributed by atoms with Gasteiger partial charge < -0.3 is 0 Å². The van der Waals surface area contributed by atoms with Gasteiger partial charge in [-0.25, -0.2) is 0 Å². The monoisotopic (exact) mass is 179 g/mol. The Morgan fingerprint density at radius 1 is 1.31 bits per heavy atom. The Balaban J connectivity index is 0.000000845. The third-order valence-corrected chi connectivity index (χ3v) is 3.48. The molecule has 1 aromatic rings. The smallest absolute Gasteiger partial charge is 0.0797 e. The summed E-state index contributed by atoms with van der Waals surface area (Å²) in [5.41, 5.74) is 5.01. The van der Waals surface area contributed by atoms with Gasteiger partial charge in [-0.1, -0.05) is 42.5 Å². The number of benzene rings is 1.